The second-order valence-electron chi connectivity index (χ2n) is 6.37. The third kappa shape index (κ3) is 5.88. The fourth-order valence-electron chi connectivity index (χ4n) is 2.10. The minimum atomic E-state index is -0.569. The highest BCUT2D eigenvalue weighted by Crippen LogP contribution is 2.19. The van der Waals surface area contributed by atoms with Crippen molar-refractivity contribution in [2.24, 2.45) is 0 Å². The molecule has 1 heterocycles. The van der Waals surface area contributed by atoms with Crippen LogP contribution in [0.1, 0.15) is 44.1 Å². The Bertz CT molecular complexity index is 653. The van der Waals surface area contributed by atoms with Crippen molar-refractivity contribution in [3.8, 4) is 0 Å². The molecule has 130 valence electrons. The number of benzene rings is 1. The number of rotatable bonds is 6. The average Bonchev–Trinajstić information content (AvgIpc) is 2.95. The Kier molecular flexibility index (Phi) is 6.25. The van der Waals surface area contributed by atoms with Crippen LogP contribution in [0.2, 0.25) is 0 Å². The van der Waals surface area contributed by atoms with E-state index in [1.165, 1.54) is 0 Å². The Hall–Kier alpha value is -2.02. The number of hydrogen-bond donors (Lipinski definition) is 1. The Morgan fingerprint density at radius 2 is 2.04 bits per heavy atom. The molecular weight excluding hydrogens is 326 g/mol. The smallest absolute Gasteiger partial charge is 0.408 e. The van der Waals surface area contributed by atoms with Crippen LogP contribution in [0.4, 0.5) is 4.79 Å². The van der Waals surface area contributed by atoms with E-state index >= 15 is 0 Å². The van der Waals surface area contributed by atoms with E-state index < -0.39 is 17.7 Å². The summed E-state index contributed by atoms with van der Waals surface area (Å²) in [6.07, 6.45) is 2.00. The van der Waals surface area contributed by atoms with Gasteiger partial charge < -0.3 is 14.6 Å². The van der Waals surface area contributed by atoms with Gasteiger partial charge in [0.2, 0.25) is 5.89 Å². The molecule has 0 spiro atoms. The minimum Gasteiger partial charge on any atom is -0.444 e. The van der Waals surface area contributed by atoms with Crippen molar-refractivity contribution in [1.82, 2.24) is 15.5 Å². The second kappa shape index (κ2) is 8.19. The van der Waals surface area contributed by atoms with E-state index in [-0.39, 0.29) is 0 Å². The standard InChI is InChI=1S/C17H23N3O3S/c1-17(2,3)22-16(21)18-13(10-12-8-6-5-7-9-12)15-19-14(11-24-4)20-23-15/h5-9,13H,10-11H2,1-4H3,(H,18,21)/t13-/m0/s1. The van der Waals surface area contributed by atoms with Gasteiger partial charge in [0.05, 0.1) is 5.75 Å². The van der Waals surface area contributed by atoms with E-state index in [2.05, 4.69) is 15.5 Å². The molecule has 0 aliphatic heterocycles. The molecule has 1 aromatic heterocycles. The number of ether oxygens (including phenoxy) is 1. The fraction of sp³-hybridized carbons (Fsp3) is 0.471. The normalized spacial score (nSPS) is 12.7. The molecule has 2 aromatic rings. The van der Waals surface area contributed by atoms with Crippen LogP contribution in [0.15, 0.2) is 34.9 Å². The molecule has 0 saturated carbocycles. The van der Waals surface area contributed by atoms with Crippen molar-refractivity contribution in [2.75, 3.05) is 6.26 Å². The lowest BCUT2D eigenvalue weighted by molar-refractivity contribution is 0.0493. The van der Waals surface area contributed by atoms with Crippen molar-refractivity contribution in [3.05, 3.63) is 47.6 Å². The van der Waals surface area contributed by atoms with E-state index in [0.29, 0.717) is 23.9 Å². The molecule has 1 amide bonds. The lowest BCUT2D eigenvalue weighted by Gasteiger charge is -2.22. The third-order valence-electron chi connectivity index (χ3n) is 3.03. The maximum atomic E-state index is 12.1. The lowest BCUT2D eigenvalue weighted by Crippen LogP contribution is -2.36. The van der Waals surface area contributed by atoms with Crippen molar-refractivity contribution in [3.63, 3.8) is 0 Å². The number of hydrogen-bond acceptors (Lipinski definition) is 6. The Balaban J connectivity index is 2.15. The van der Waals surface area contributed by atoms with Crippen molar-refractivity contribution in [1.29, 1.82) is 0 Å². The highest BCUT2D eigenvalue weighted by Gasteiger charge is 2.25. The van der Waals surface area contributed by atoms with Crippen LogP contribution in [0, 0.1) is 0 Å². The zero-order valence-corrected chi connectivity index (χ0v) is 15.2. The number of amides is 1. The predicted octanol–water partition coefficient (Wildman–Crippen LogP) is 3.74. The summed E-state index contributed by atoms with van der Waals surface area (Å²) in [5, 5.41) is 6.78. The topological polar surface area (TPSA) is 77.2 Å². The van der Waals surface area contributed by atoms with Gasteiger partial charge in [0.25, 0.3) is 0 Å². The number of aromatic nitrogens is 2. The zero-order chi connectivity index (χ0) is 17.6. The maximum Gasteiger partial charge on any atom is 0.408 e. The first-order chi connectivity index (χ1) is 11.4. The van der Waals surface area contributed by atoms with Crippen LogP contribution < -0.4 is 5.32 Å². The number of alkyl carbamates (subject to hydrolysis) is 1. The molecule has 0 radical (unpaired) electrons. The van der Waals surface area contributed by atoms with Crippen LogP contribution in [-0.4, -0.2) is 28.1 Å². The first kappa shape index (κ1) is 18.3. The van der Waals surface area contributed by atoms with Crippen LogP contribution in [0.3, 0.4) is 0 Å². The maximum absolute atomic E-state index is 12.1. The number of nitrogens with zero attached hydrogens (tertiary/aromatic N) is 2. The summed E-state index contributed by atoms with van der Waals surface area (Å²) in [7, 11) is 0. The van der Waals surface area contributed by atoms with Gasteiger partial charge in [0, 0.05) is 6.42 Å². The first-order valence-corrected chi connectivity index (χ1v) is 9.11. The molecule has 0 bridgehead atoms. The van der Waals surface area contributed by atoms with Crippen molar-refractivity contribution >= 4 is 17.9 Å². The number of carbonyl (C=O) groups is 1. The summed E-state index contributed by atoms with van der Waals surface area (Å²) in [5.41, 5.74) is 0.489. The van der Waals surface area contributed by atoms with Gasteiger partial charge in [-0.15, -0.1) is 0 Å². The van der Waals surface area contributed by atoms with Crippen molar-refractivity contribution < 1.29 is 14.1 Å². The summed E-state index contributed by atoms with van der Waals surface area (Å²) in [4.78, 5) is 16.5. The first-order valence-electron chi connectivity index (χ1n) is 7.72. The molecule has 2 rings (SSSR count). The summed E-state index contributed by atoms with van der Waals surface area (Å²) in [5.74, 6) is 1.66. The average molecular weight is 349 g/mol. The molecule has 1 aromatic carbocycles. The van der Waals surface area contributed by atoms with Gasteiger partial charge in [-0.1, -0.05) is 35.5 Å². The van der Waals surface area contributed by atoms with E-state index in [1.807, 2.05) is 57.4 Å². The molecule has 0 aliphatic rings. The minimum absolute atomic E-state index is 0.383. The molecular formula is C17H23N3O3S. The van der Waals surface area contributed by atoms with E-state index in [4.69, 9.17) is 9.26 Å². The number of carbonyl (C=O) groups excluding carboxylic acids is 1. The van der Waals surface area contributed by atoms with Gasteiger partial charge in [-0.2, -0.15) is 16.7 Å². The monoisotopic (exact) mass is 349 g/mol. The largest absolute Gasteiger partial charge is 0.444 e. The quantitative estimate of drug-likeness (QED) is 0.856. The van der Waals surface area contributed by atoms with Gasteiger partial charge in [-0.25, -0.2) is 4.79 Å². The second-order valence-corrected chi connectivity index (χ2v) is 7.24. The SMILES string of the molecule is CSCc1noc([C@H](Cc2ccccc2)NC(=O)OC(C)(C)C)n1. The molecule has 0 unspecified atom stereocenters. The summed E-state index contributed by atoms with van der Waals surface area (Å²) >= 11 is 1.61. The van der Waals surface area contributed by atoms with Gasteiger partial charge in [-0.05, 0) is 32.6 Å². The fourth-order valence-corrected chi connectivity index (χ4v) is 2.47. The van der Waals surface area contributed by atoms with Gasteiger partial charge in [-0.3, -0.25) is 0 Å². The Labute approximate surface area is 146 Å². The zero-order valence-electron chi connectivity index (χ0n) is 14.4. The van der Waals surface area contributed by atoms with Gasteiger partial charge in [0.15, 0.2) is 5.82 Å². The van der Waals surface area contributed by atoms with E-state index in [0.717, 1.165) is 5.56 Å². The van der Waals surface area contributed by atoms with Crippen molar-refractivity contribution in [2.45, 2.75) is 44.6 Å². The number of thioether (sulfide) groups is 1. The van der Waals surface area contributed by atoms with E-state index in [1.54, 1.807) is 11.8 Å². The molecule has 7 heteroatoms. The van der Waals surface area contributed by atoms with Crippen LogP contribution in [0.25, 0.3) is 0 Å². The van der Waals surface area contributed by atoms with Crippen LogP contribution in [0.5, 0.6) is 0 Å². The highest BCUT2D eigenvalue weighted by molar-refractivity contribution is 7.97. The summed E-state index contributed by atoms with van der Waals surface area (Å²) in [6, 6.07) is 9.39. The Morgan fingerprint density at radius 3 is 2.67 bits per heavy atom. The molecule has 6 nitrogen and oxygen atoms in total. The lowest BCUT2D eigenvalue weighted by atomic mass is 10.1. The number of nitrogens with one attached hydrogen (secondary N) is 1. The molecule has 0 saturated heterocycles. The van der Waals surface area contributed by atoms with Crippen LogP contribution >= 0.6 is 11.8 Å². The van der Waals surface area contributed by atoms with Crippen LogP contribution in [-0.2, 0) is 16.9 Å². The van der Waals surface area contributed by atoms with Gasteiger partial charge >= 0.3 is 6.09 Å². The predicted molar refractivity (Wildman–Crippen MR) is 93.8 cm³/mol. The summed E-state index contributed by atoms with van der Waals surface area (Å²) < 4.78 is 10.7. The molecule has 24 heavy (non-hydrogen) atoms. The van der Waals surface area contributed by atoms with E-state index in [9.17, 15) is 4.79 Å². The highest BCUT2D eigenvalue weighted by atomic mass is 32.2. The molecule has 0 aliphatic carbocycles. The summed E-state index contributed by atoms with van der Waals surface area (Å²) in [6.45, 7) is 5.46. The van der Waals surface area contributed by atoms with Gasteiger partial charge in [0.1, 0.15) is 11.6 Å². The molecule has 1 N–H and O–H groups in total. The molecule has 1 atom stereocenters. The Morgan fingerprint density at radius 1 is 1.33 bits per heavy atom. The molecule has 0 fully saturated rings. The third-order valence-corrected chi connectivity index (χ3v) is 3.58.